The van der Waals surface area contributed by atoms with Crippen LogP contribution in [0.2, 0.25) is 5.02 Å². The fraction of sp³-hybridized carbons (Fsp3) is 0.481. The van der Waals surface area contributed by atoms with Crippen molar-refractivity contribution in [3.05, 3.63) is 45.9 Å². The van der Waals surface area contributed by atoms with E-state index >= 15 is 0 Å². The lowest BCUT2D eigenvalue weighted by Gasteiger charge is -2.38. The number of benzene rings is 1. The van der Waals surface area contributed by atoms with E-state index in [0.717, 1.165) is 0 Å². The Hall–Kier alpha value is -3.09. The Morgan fingerprint density at radius 3 is 2.27 bits per heavy atom. The van der Waals surface area contributed by atoms with Crippen LogP contribution >= 0.6 is 22.9 Å². The van der Waals surface area contributed by atoms with Crippen LogP contribution in [0.3, 0.4) is 0 Å². The summed E-state index contributed by atoms with van der Waals surface area (Å²) < 4.78 is 11.1. The summed E-state index contributed by atoms with van der Waals surface area (Å²) in [5.74, 6) is 5.02. The number of rotatable bonds is 3. The van der Waals surface area contributed by atoms with Gasteiger partial charge in [-0.3, -0.25) is 4.79 Å². The fourth-order valence-electron chi connectivity index (χ4n) is 3.59. The number of hydrogen-bond acceptors (Lipinski definition) is 7. The van der Waals surface area contributed by atoms with E-state index in [1.165, 1.54) is 22.4 Å². The van der Waals surface area contributed by atoms with Gasteiger partial charge in [-0.25, -0.2) is 19.5 Å². The van der Waals surface area contributed by atoms with Crippen molar-refractivity contribution in [2.24, 2.45) is 0 Å². The Morgan fingerprint density at radius 2 is 1.68 bits per heavy atom. The Labute approximate surface area is 226 Å². The maximum Gasteiger partial charge on any atom is 0.416 e. The number of nitrogens with zero attached hydrogens (tertiary/aromatic N) is 3. The van der Waals surface area contributed by atoms with Gasteiger partial charge in [0.25, 0.3) is 0 Å². The van der Waals surface area contributed by atoms with Crippen LogP contribution in [0, 0.1) is 11.8 Å². The largest absolute Gasteiger partial charge is 0.444 e. The molecule has 1 aromatic heterocycles. The maximum absolute atomic E-state index is 13.2. The predicted octanol–water partition coefficient (Wildman–Crippen LogP) is 6.17. The molecule has 1 aliphatic heterocycles. The van der Waals surface area contributed by atoms with Gasteiger partial charge in [-0.15, -0.1) is 0 Å². The predicted molar refractivity (Wildman–Crippen MR) is 144 cm³/mol. The molecule has 37 heavy (non-hydrogen) atoms. The lowest BCUT2D eigenvalue weighted by atomic mass is 10.0. The van der Waals surface area contributed by atoms with Crippen molar-refractivity contribution in [1.29, 1.82) is 0 Å². The van der Waals surface area contributed by atoms with Crippen molar-refractivity contribution in [2.45, 2.75) is 71.6 Å². The quantitative estimate of drug-likeness (QED) is 0.338. The minimum Gasteiger partial charge on any atom is -0.444 e. The SMILES string of the molecule is CC(C)(C)OC(=O)N1CCC(N(C(=O)OC(C)(C)C)c2ncc(C#CC(=O)c3ccccc3Cl)s2)CC1. The number of hydrogen-bond donors (Lipinski definition) is 0. The summed E-state index contributed by atoms with van der Waals surface area (Å²) in [6.45, 7) is 11.7. The molecule has 0 unspecified atom stereocenters. The molecule has 0 N–H and O–H groups in total. The van der Waals surface area contributed by atoms with Gasteiger partial charge in [0.2, 0.25) is 5.78 Å². The lowest BCUT2D eigenvalue weighted by molar-refractivity contribution is 0.0200. The molecule has 2 aromatic rings. The number of anilines is 1. The number of piperidine rings is 1. The molecule has 3 rings (SSSR count). The Balaban J connectivity index is 1.78. The molecule has 0 saturated carbocycles. The molecule has 1 aromatic carbocycles. The molecule has 2 amide bonds. The molecule has 0 atom stereocenters. The van der Waals surface area contributed by atoms with E-state index in [2.05, 4.69) is 16.8 Å². The molecule has 1 fully saturated rings. The summed E-state index contributed by atoms with van der Waals surface area (Å²) in [5.41, 5.74) is -0.955. The van der Waals surface area contributed by atoms with Crippen LogP contribution < -0.4 is 4.90 Å². The van der Waals surface area contributed by atoms with Crippen molar-refractivity contribution in [2.75, 3.05) is 18.0 Å². The van der Waals surface area contributed by atoms with Gasteiger partial charge >= 0.3 is 12.2 Å². The highest BCUT2D eigenvalue weighted by Gasteiger charge is 2.36. The van der Waals surface area contributed by atoms with E-state index in [1.807, 2.05) is 20.8 Å². The molecule has 1 saturated heterocycles. The Kier molecular flexibility index (Phi) is 8.88. The van der Waals surface area contributed by atoms with E-state index in [-0.39, 0.29) is 12.1 Å². The van der Waals surface area contributed by atoms with Crippen LogP contribution in [0.25, 0.3) is 0 Å². The van der Waals surface area contributed by atoms with Crippen molar-refractivity contribution in [3.63, 3.8) is 0 Å². The van der Waals surface area contributed by atoms with E-state index < -0.39 is 23.1 Å². The molecule has 10 heteroatoms. The van der Waals surface area contributed by atoms with Gasteiger partial charge < -0.3 is 14.4 Å². The van der Waals surface area contributed by atoms with E-state index in [1.54, 1.807) is 49.9 Å². The molecule has 1 aliphatic rings. The highest BCUT2D eigenvalue weighted by Crippen LogP contribution is 2.30. The van der Waals surface area contributed by atoms with Gasteiger partial charge in [-0.2, -0.15) is 0 Å². The zero-order valence-electron chi connectivity index (χ0n) is 22.0. The summed E-state index contributed by atoms with van der Waals surface area (Å²) in [5, 5.41) is 0.750. The first-order valence-corrected chi connectivity index (χ1v) is 13.2. The molecule has 0 spiro atoms. The summed E-state index contributed by atoms with van der Waals surface area (Å²) in [6, 6.07) is 6.48. The monoisotopic (exact) mass is 545 g/mol. The first kappa shape index (κ1) is 28.5. The third kappa shape index (κ3) is 8.20. The van der Waals surface area contributed by atoms with Crippen molar-refractivity contribution in [1.82, 2.24) is 9.88 Å². The number of ether oxygens (including phenoxy) is 2. The number of amides is 2. The maximum atomic E-state index is 13.2. The van der Waals surface area contributed by atoms with Gasteiger partial charge in [0, 0.05) is 24.7 Å². The average molecular weight is 546 g/mol. The van der Waals surface area contributed by atoms with Gasteiger partial charge in [-0.1, -0.05) is 35.1 Å². The number of aromatic nitrogens is 1. The average Bonchev–Trinajstić information content (AvgIpc) is 3.24. The zero-order valence-corrected chi connectivity index (χ0v) is 23.5. The lowest BCUT2D eigenvalue weighted by Crippen LogP contribution is -2.51. The second kappa shape index (κ2) is 11.5. The van der Waals surface area contributed by atoms with Crippen LogP contribution in [0.5, 0.6) is 0 Å². The third-order valence-electron chi connectivity index (χ3n) is 5.19. The van der Waals surface area contributed by atoms with Crippen LogP contribution in [0.15, 0.2) is 30.5 Å². The molecule has 8 nitrogen and oxygen atoms in total. The highest BCUT2D eigenvalue weighted by molar-refractivity contribution is 7.16. The summed E-state index contributed by atoms with van der Waals surface area (Å²) in [4.78, 5) is 46.3. The first-order valence-electron chi connectivity index (χ1n) is 12.0. The topological polar surface area (TPSA) is 89.0 Å². The standard InChI is InChI=1S/C27H32ClN3O5S/c1-26(2,3)35-24(33)30-15-13-18(14-16-30)31(25(34)36-27(4,5)6)23-29-17-19(37-23)11-12-22(32)20-9-7-8-10-21(20)28/h7-10,17-18H,13-16H2,1-6H3. The number of halogens is 1. The van der Waals surface area contributed by atoms with Crippen LogP contribution in [-0.4, -0.2) is 58.2 Å². The Morgan fingerprint density at radius 1 is 1.05 bits per heavy atom. The van der Waals surface area contributed by atoms with Crippen molar-refractivity contribution < 1.29 is 23.9 Å². The van der Waals surface area contributed by atoms with Gasteiger partial charge in [0.15, 0.2) is 5.13 Å². The smallest absolute Gasteiger partial charge is 0.416 e. The molecule has 0 bridgehead atoms. The molecular weight excluding hydrogens is 514 g/mol. The van der Waals surface area contributed by atoms with E-state index in [4.69, 9.17) is 21.1 Å². The van der Waals surface area contributed by atoms with Gasteiger partial charge in [-0.05, 0) is 78.4 Å². The third-order valence-corrected chi connectivity index (χ3v) is 6.43. The minimum absolute atomic E-state index is 0.231. The fourth-order valence-corrected chi connectivity index (χ4v) is 4.65. The normalized spacial score (nSPS) is 14.4. The van der Waals surface area contributed by atoms with E-state index in [0.29, 0.717) is 46.5 Å². The molecule has 2 heterocycles. The second-order valence-electron chi connectivity index (χ2n) is 10.6. The summed E-state index contributed by atoms with van der Waals surface area (Å²) in [7, 11) is 0. The van der Waals surface area contributed by atoms with Crippen LogP contribution in [0.4, 0.5) is 14.7 Å². The second-order valence-corrected chi connectivity index (χ2v) is 12.0. The van der Waals surface area contributed by atoms with Crippen molar-refractivity contribution in [3.8, 4) is 11.8 Å². The summed E-state index contributed by atoms with van der Waals surface area (Å²) in [6.07, 6.45) is 1.70. The number of carbonyl (C=O) groups is 3. The van der Waals surface area contributed by atoms with E-state index in [9.17, 15) is 14.4 Å². The molecule has 0 aliphatic carbocycles. The highest BCUT2D eigenvalue weighted by atomic mass is 35.5. The number of likely N-dealkylation sites (tertiary alicyclic amines) is 1. The zero-order chi connectivity index (χ0) is 27.4. The van der Waals surface area contributed by atoms with Gasteiger partial charge in [0.05, 0.1) is 16.1 Å². The molecule has 0 radical (unpaired) electrons. The van der Waals surface area contributed by atoms with Crippen LogP contribution in [-0.2, 0) is 9.47 Å². The molecular formula is C27H32ClN3O5S. The number of ketones is 1. The summed E-state index contributed by atoms with van der Waals surface area (Å²) >= 11 is 7.29. The number of Topliss-reactive ketones (excluding diaryl/α,β-unsaturated/α-hetero) is 1. The van der Waals surface area contributed by atoms with Gasteiger partial charge in [0.1, 0.15) is 11.2 Å². The van der Waals surface area contributed by atoms with Crippen LogP contribution in [0.1, 0.15) is 69.6 Å². The minimum atomic E-state index is -0.701. The Bertz CT molecular complexity index is 1210. The number of carbonyl (C=O) groups excluding carboxylic acids is 3. The molecule has 198 valence electrons. The number of thiazole rings is 1. The first-order chi connectivity index (χ1) is 17.2. The van der Waals surface area contributed by atoms with Crippen molar-refractivity contribution >= 4 is 46.0 Å².